The van der Waals surface area contributed by atoms with E-state index in [-0.39, 0.29) is 17.2 Å². The summed E-state index contributed by atoms with van der Waals surface area (Å²) in [7, 11) is 0. The maximum atomic E-state index is 12.4. The van der Waals surface area contributed by atoms with Gasteiger partial charge in [-0.15, -0.1) is 22.9 Å². The number of hydrogen-bond acceptors (Lipinski definition) is 9. The van der Waals surface area contributed by atoms with Crippen molar-refractivity contribution < 1.29 is 40.2 Å². The summed E-state index contributed by atoms with van der Waals surface area (Å²) in [5, 5.41) is 59.3. The van der Waals surface area contributed by atoms with E-state index in [1.54, 1.807) is 12.1 Å². The predicted molar refractivity (Wildman–Crippen MR) is 151 cm³/mol. The highest BCUT2D eigenvalue weighted by Crippen LogP contribution is 2.42. The van der Waals surface area contributed by atoms with Gasteiger partial charge in [-0.1, -0.05) is 23.2 Å². The van der Waals surface area contributed by atoms with Crippen LogP contribution in [0.2, 0.25) is 10.0 Å². The Morgan fingerprint density at radius 2 is 1.64 bits per heavy atom. The number of rotatable bonds is 14. The molecule has 1 aliphatic rings. The fourth-order valence-corrected chi connectivity index (χ4v) is 7.06. The van der Waals surface area contributed by atoms with Crippen molar-refractivity contribution in [3.05, 3.63) is 55.7 Å². The number of hydrogen-bond donors (Lipinski definition) is 6. The van der Waals surface area contributed by atoms with Crippen molar-refractivity contribution in [2.75, 3.05) is 13.2 Å². The summed E-state index contributed by atoms with van der Waals surface area (Å²) in [6.45, 7) is -1.39. The number of thiophene rings is 1. The number of esters is 1. The lowest BCUT2D eigenvalue weighted by atomic mass is 9.85. The van der Waals surface area contributed by atoms with Gasteiger partial charge in [0.05, 0.1) is 12.7 Å². The molecule has 8 atom stereocenters. The maximum Gasteiger partial charge on any atom is 0.348 e. The van der Waals surface area contributed by atoms with Gasteiger partial charge in [0.15, 0.2) is 0 Å². The summed E-state index contributed by atoms with van der Waals surface area (Å²) >= 11 is 20.1. The SMILES string of the molecule is O=C(OC[C@H](O)[C@@H](O)[C@@H](O)C(O)CO)c1ccc(CCC[C@@H]2[C@@H](CCc3cc(Cl)cc(Cl)c3)[C@H](O)C[C@H]2Cl)s1. The minimum Gasteiger partial charge on any atom is -0.459 e. The van der Waals surface area contributed by atoms with Gasteiger partial charge in [0.2, 0.25) is 0 Å². The number of aliphatic hydroxyl groups is 6. The van der Waals surface area contributed by atoms with E-state index in [4.69, 9.17) is 44.6 Å². The summed E-state index contributed by atoms with van der Waals surface area (Å²) in [6.07, 6.45) is -2.88. The molecule has 0 spiro atoms. The topological polar surface area (TPSA) is 148 Å². The Morgan fingerprint density at radius 1 is 0.974 bits per heavy atom. The number of benzene rings is 1. The molecule has 2 aromatic rings. The Morgan fingerprint density at radius 3 is 2.31 bits per heavy atom. The van der Waals surface area contributed by atoms with Crippen LogP contribution < -0.4 is 0 Å². The molecule has 0 aliphatic heterocycles. The highest BCUT2D eigenvalue weighted by Gasteiger charge is 2.40. The number of ether oxygens (including phenoxy) is 1. The quantitative estimate of drug-likeness (QED) is 0.139. The van der Waals surface area contributed by atoms with Gasteiger partial charge in [0.25, 0.3) is 0 Å². The molecule has 8 nitrogen and oxygen atoms in total. The number of carbonyl (C=O) groups excluding carboxylic acids is 1. The molecule has 1 saturated carbocycles. The molecule has 218 valence electrons. The second kappa shape index (κ2) is 15.3. The third-order valence-corrected chi connectivity index (χ3v) is 9.26. The van der Waals surface area contributed by atoms with Crippen molar-refractivity contribution in [2.45, 2.75) is 74.4 Å². The first-order chi connectivity index (χ1) is 18.5. The maximum absolute atomic E-state index is 12.4. The molecular weight excluding hydrogens is 591 g/mol. The van der Waals surface area contributed by atoms with E-state index in [1.807, 2.05) is 18.2 Å². The molecule has 3 rings (SSSR count). The van der Waals surface area contributed by atoms with Gasteiger partial charge in [-0.3, -0.25) is 0 Å². The minimum atomic E-state index is -1.80. The fraction of sp³-hybridized carbons (Fsp3) is 0.593. The van der Waals surface area contributed by atoms with E-state index in [2.05, 4.69) is 0 Å². The van der Waals surface area contributed by atoms with Crippen LogP contribution in [-0.2, 0) is 17.6 Å². The molecule has 1 unspecified atom stereocenters. The number of alkyl halides is 1. The summed E-state index contributed by atoms with van der Waals surface area (Å²) in [5.74, 6) is -0.457. The summed E-state index contributed by atoms with van der Waals surface area (Å²) in [6, 6.07) is 8.91. The number of carbonyl (C=O) groups is 1. The molecule has 6 N–H and O–H groups in total. The van der Waals surface area contributed by atoms with E-state index in [9.17, 15) is 30.3 Å². The number of halogens is 3. The largest absolute Gasteiger partial charge is 0.459 e. The van der Waals surface area contributed by atoms with Crippen LogP contribution in [-0.4, -0.2) is 85.7 Å². The molecule has 0 saturated heterocycles. The molecule has 0 bridgehead atoms. The van der Waals surface area contributed by atoms with Crippen molar-refractivity contribution in [3.8, 4) is 0 Å². The van der Waals surface area contributed by atoms with Crippen molar-refractivity contribution in [1.29, 1.82) is 0 Å². The first kappa shape index (κ1) is 32.5. The highest BCUT2D eigenvalue weighted by molar-refractivity contribution is 7.13. The average molecular weight is 626 g/mol. The van der Waals surface area contributed by atoms with Gasteiger partial charge < -0.3 is 35.4 Å². The highest BCUT2D eigenvalue weighted by atomic mass is 35.5. The molecule has 0 radical (unpaired) electrons. The Kier molecular flexibility index (Phi) is 12.8. The Hall–Kier alpha value is -0.980. The van der Waals surface area contributed by atoms with Gasteiger partial charge in [-0.25, -0.2) is 4.79 Å². The van der Waals surface area contributed by atoms with Crippen molar-refractivity contribution >= 4 is 52.1 Å². The molecule has 0 amide bonds. The van der Waals surface area contributed by atoms with E-state index in [0.29, 0.717) is 21.3 Å². The Bertz CT molecular complexity index is 1050. The molecular formula is C27H35Cl3O8S. The van der Waals surface area contributed by atoms with Crippen molar-refractivity contribution in [1.82, 2.24) is 0 Å². The standard InChI is InChI=1S/C27H35Cl3O8S/c28-15-8-14(9-16(29)10-15)4-6-19-18(20(30)11-21(19)32)3-1-2-17-5-7-24(39-17)27(37)38-13-23(34)26(36)25(35)22(33)12-31/h5,7-10,18-23,25-26,31-36H,1-4,6,11-13H2/t18-,19-,20-,21-,22?,23+,25+,26-/m1/s1. The molecule has 1 aliphatic carbocycles. The van der Waals surface area contributed by atoms with Crippen LogP contribution in [0.4, 0.5) is 0 Å². The Labute approximate surface area is 246 Å². The van der Waals surface area contributed by atoms with Crippen molar-refractivity contribution in [3.63, 3.8) is 0 Å². The lowest BCUT2D eigenvalue weighted by Gasteiger charge is -2.25. The zero-order valence-corrected chi connectivity index (χ0v) is 24.3. The van der Waals surface area contributed by atoms with Crippen molar-refractivity contribution in [2.24, 2.45) is 11.8 Å². The number of aliphatic hydroxyl groups excluding tert-OH is 6. The minimum absolute atomic E-state index is 0.0675. The molecule has 12 heteroatoms. The third kappa shape index (κ3) is 9.26. The van der Waals surface area contributed by atoms with E-state index in [0.717, 1.165) is 42.5 Å². The smallest absolute Gasteiger partial charge is 0.348 e. The van der Waals surface area contributed by atoms with Crippen LogP contribution in [0, 0.1) is 11.8 Å². The second-order valence-electron chi connectivity index (χ2n) is 10.0. The van der Waals surface area contributed by atoms with Gasteiger partial charge in [0, 0.05) is 20.3 Å². The lowest BCUT2D eigenvalue weighted by molar-refractivity contribution is -0.124. The predicted octanol–water partition coefficient (Wildman–Crippen LogP) is 3.21. The van der Waals surface area contributed by atoms with Crippen LogP contribution in [0.3, 0.4) is 0 Å². The van der Waals surface area contributed by atoms with Crippen LogP contribution in [0.1, 0.15) is 45.8 Å². The van der Waals surface area contributed by atoms with Crippen LogP contribution in [0.25, 0.3) is 0 Å². The van der Waals surface area contributed by atoms with E-state index < -0.39 is 49.7 Å². The van der Waals surface area contributed by atoms with Crippen LogP contribution >= 0.6 is 46.1 Å². The van der Waals surface area contributed by atoms with Gasteiger partial charge >= 0.3 is 5.97 Å². The Balaban J connectivity index is 1.46. The first-order valence-electron chi connectivity index (χ1n) is 12.9. The van der Waals surface area contributed by atoms with E-state index in [1.165, 1.54) is 11.3 Å². The zero-order valence-electron chi connectivity index (χ0n) is 21.2. The van der Waals surface area contributed by atoms with Crippen LogP contribution in [0.5, 0.6) is 0 Å². The fourth-order valence-electron chi connectivity index (χ4n) is 5.05. The first-order valence-corrected chi connectivity index (χ1v) is 14.9. The normalized spacial score (nSPS) is 24.3. The van der Waals surface area contributed by atoms with E-state index >= 15 is 0 Å². The van der Waals surface area contributed by atoms with Gasteiger partial charge in [-0.2, -0.15) is 0 Å². The molecule has 1 fully saturated rings. The van der Waals surface area contributed by atoms with Gasteiger partial charge in [0.1, 0.15) is 35.9 Å². The lowest BCUT2D eigenvalue weighted by Crippen LogP contribution is -2.47. The monoisotopic (exact) mass is 624 g/mol. The summed E-state index contributed by atoms with van der Waals surface area (Å²) in [5.41, 5.74) is 1.02. The second-order valence-corrected chi connectivity index (χ2v) is 12.6. The zero-order chi connectivity index (χ0) is 28.7. The molecule has 1 aromatic carbocycles. The summed E-state index contributed by atoms with van der Waals surface area (Å²) in [4.78, 5) is 13.7. The summed E-state index contributed by atoms with van der Waals surface area (Å²) < 4.78 is 5.04. The molecule has 1 heterocycles. The third-order valence-electron chi connectivity index (χ3n) is 7.20. The van der Waals surface area contributed by atoms with Crippen LogP contribution in [0.15, 0.2) is 30.3 Å². The molecule has 39 heavy (non-hydrogen) atoms. The molecule has 1 aromatic heterocycles. The van der Waals surface area contributed by atoms with Gasteiger partial charge in [-0.05, 0) is 86.3 Å². The average Bonchev–Trinajstić information content (AvgIpc) is 3.47. The number of aryl methyl sites for hydroxylation is 2.